The van der Waals surface area contributed by atoms with Crippen LogP contribution >= 0.6 is 11.6 Å². The summed E-state index contributed by atoms with van der Waals surface area (Å²) in [5.74, 6) is 1.87. The van der Waals surface area contributed by atoms with Crippen LogP contribution in [-0.2, 0) is 6.54 Å². The molecule has 1 saturated carbocycles. The number of nitrogens with one attached hydrogen (secondary N) is 2. The molecular formula is C27H33ClN6O. The molecule has 0 radical (unpaired) electrons. The lowest BCUT2D eigenvalue weighted by atomic mass is 9.89. The van der Waals surface area contributed by atoms with Gasteiger partial charge in [-0.3, -0.25) is 4.90 Å². The molecule has 7 nitrogen and oxygen atoms in total. The van der Waals surface area contributed by atoms with Crippen LogP contribution in [0.2, 0.25) is 5.15 Å². The average Bonchev–Trinajstić information content (AvgIpc) is 2.87. The van der Waals surface area contributed by atoms with Crippen molar-refractivity contribution in [1.82, 2.24) is 19.9 Å². The fraction of sp³-hybridized carbons (Fsp3) is 0.444. The quantitative estimate of drug-likeness (QED) is 0.382. The van der Waals surface area contributed by atoms with E-state index < -0.39 is 0 Å². The summed E-state index contributed by atoms with van der Waals surface area (Å²) >= 11 is 6.04. The molecule has 1 aliphatic carbocycles. The van der Waals surface area contributed by atoms with Gasteiger partial charge in [0.2, 0.25) is 5.95 Å². The zero-order valence-corrected chi connectivity index (χ0v) is 20.7. The molecule has 1 aromatic carbocycles. The lowest BCUT2D eigenvalue weighted by Gasteiger charge is -2.33. The number of pyridine rings is 1. The third-order valence-corrected chi connectivity index (χ3v) is 7.32. The highest BCUT2D eigenvalue weighted by Crippen LogP contribution is 2.34. The molecule has 1 aliphatic heterocycles. The highest BCUT2D eigenvalue weighted by Gasteiger charge is 2.26. The van der Waals surface area contributed by atoms with E-state index in [2.05, 4.69) is 55.8 Å². The van der Waals surface area contributed by atoms with Crippen molar-refractivity contribution in [2.45, 2.75) is 63.1 Å². The van der Waals surface area contributed by atoms with Gasteiger partial charge in [0.1, 0.15) is 11.0 Å². The summed E-state index contributed by atoms with van der Waals surface area (Å²) in [7, 11) is 0. The predicted octanol–water partition coefficient (Wildman–Crippen LogP) is 5.36. The van der Waals surface area contributed by atoms with Gasteiger partial charge in [0.15, 0.2) is 0 Å². The Morgan fingerprint density at radius 2 is 1.74 bits per heavy atom. The van der Waals surface area contributed by atoms with Crippen LogP contribution in [0, 0.1) is 0 Å². The van der Waals surface area contributed by atoms with Crippen molar-refractivity contribution in [3.63, 3.8) is 0 Å². The van der Waals surface area contributed by atoms with Crippen molar-refractivity contribution in [3.05, 3.63) is 71.1 Å². The summed E-state index contributed by atoms with van der Waals surface area (Å²) in [5, 5.41) is 17.3. The van der Waals surface area contributed by atoms with E-state index >= 15 is 0 Å². The van der Waals surface area contributed by atoms with Crippen LogP contribution in [0.4, 0.5) is 17.5 Å². The van der Waals surface area contributed by atoms with E-state index in [0.29, 0.717) is 23.1 Å². The first kappa shape index (κ1) is 24.0. The van der Waals surface area contributed by atoms with Crippen LogP contribution in [0.3, 0.4) is 0 Å². The van der Waals surface area contributed by atoms with Gasteiger partial charge < -0.3 is 15.7 Å². The number of anilines is 3. The molecule has 2 aliphatic rings. The molecule has 3 heterocycles. The smallest absolute Gasteiger partial charge is 0.229 e. The van der Waals surface area contributed by atoms with E-state index in [-0.39, 0.29) is 6.10 Å². The molecule has 0 spiro atoms. The molecule has 0 bridgehead atoms. The van der Waals surface area contributed by atoms with Crippen LogP contribution in [0.5, 0.6) is 0 Å². The normalized spacial score (nSPS) is 21.5. The summed E-state index contributed by atoms with van der Waals surface area (Å²) in [6, 6.07) is 14.6. The second-order valence-corrected chi connectivity index (χ2v) is 10.1. The summed E-state index contributed by atoms with van der Waals surface area (Å²) in [4.78, 5) is 16.1. The SMILES string of the molecule is O[C@H]1CC[C@H](Nc2nc(Nc3ccnc(Cl)c3)ncc2C2CCN(Cc3ccccc3)CC2)CC1. The van der Waals surface area contributed by atoms with Gasteiger partial charge >= 0.3 is 0 Å². The molecule has 0 amide bonds. The number of rotatable bonds is 7. The molecule has 3 N–H and O–H groups in total. The van der Waals surface area contributed by atoms with Gasteiger partial charge in [-0.2, -0.15) is 4.98 Å². The molecule has 2 fully saturated rings. The summed E-state index contributed by atoms with van der Waals surface area (Å²) < 4.78 is 0. The molecule has 35 heavy (non-hydrogen) atoms. The van der Waals surface area contributed by atoms with Gasteiger partial charge in [0.05, 0.1) is 6.10 Å². The minimum absolute atomic E-state index is 0.180. The number of likely N-dealkylation sites (tertiary alicyclic amines) is 1. The molecule has 0 unspecified atom stereocenters. The summed E-state index contributed by atoms with van der Waals surface area (Å²) in [6.45, 7) is 3.12. The first-order chi connectivity index (χ1) is 17.1. The third-order valence-electron chi connectivity index (χ3n) is 7.11. The number of piperidine rings is 1. The van der Waals surface area contributed by atoms with Crippen molar-refractivity contribution < 1.29 is 5.11 Å². The van der Waals surface area contributed by atoms with E-state index in [1.54, 1.807) is 12.3 Å². The average molecular weight is 493 g/mol. The van der Waals surface area contributed by atoms with Gasteiger partial charge in [-0.15, -0.1) is 0 Å². The van der Waals surface area contributed by atoms with Crippen LogP contribution in [-0.4, -0.2) is 50.2 Å². The van der Waals surface area contributed by atoms with Crippen LogP contribution in [0.25, 0.3) is 0 Å². The maximum Gasteiger partial charge on any atom is 0.229 e. The van der Waals surface area contributed by atoms with Crippen molar-refractivity contribution in [1.29, 1.82) is 0 Å². The van der Waals surface area contributed by atoms with E-state index in [1.165, 1.54) is 11.1 Å². The Bertz CT molecular complexity index is 1100. The van der Waals surface area contributed by atoms with Crippen LogP contribution in [0.15, 0.2) is 54.9 Å². The van der Waals surface area contributed by atoms with Crippen molar-refractivity contribution in [2.75, 3.05) is 23.7 Å². The Kier molecular flexibility index (Phi) is 7.76. The topological polar surface area (TPSA) is 86.2 Å². The minimum atomic E-state index is -0.180. The predicted molar refractivity (Wildman–Crippen MR) is 140 cm³/mol. The van der Waals surface area contributed by atoms with Gasteiger partial charge in [-0.05, 0) is 75.2 Å². The molecule has 8 heteroatoms. The number of aromatic nitrogens is 3. The zero-order valence-electron chi connectivity index (χ0n) is 19.9. The van der Waals surface area contributed by atoms with E-state index in [9.17, 15) is 5.11 Å². The number of hydrogen-bond acceptors (Lipinski definition) is 7. The Morgan fingerprint density at radius 1 is 0.971 bits per heavy atom. The third kappa shape index (κ3) is 6.48. The molecule has 2 aromatic heterocycles. The Labute approximate surface area is 212 Å². The van der Waals surface area contributed by atoms with E-state index in [0.717, 1.165) is 69.7 Å². The second kappa shape index (κ2) is 11.3. The molecule has 0 atom stereocenters. The van der Waals surface area contributed by atoms with Crippen molar-refractivity contribution in [3.8, 4) is 0 Å². The Hall–Kier alpha value is -2.74. The lowest BCUT2D eigenvalue weighted by Crippen LogP contribution is -2.33. The largest absolute Gasteiger partial charge is 0.393 e. The molecule has 3 aromatic rings. The second-order valence-electron chi connectivity index (χ2n) is 9.68. The molecule has 5 rings (SSSR count). The fourth-order valence-corrected chi connectivity index (χ4v) is 5.31. The Morgan fingerprint density at radius 3 is 2.49 bits per heavy atom. The van der Waals surface area contributed by atoms with Crippen LogP contribution in [0.1, 0.15) is 55.6 Å². The highest BCUT2D eigenvalue weighted by molar-refractivity contribution is 6.29. The summed E-state index contributed by atoms with van der Waals surface area (Å²) in [5.41, 5.74) is 3.36. The maximum absolute atomic E-state index is 9.93. The fourth-order valence-electron chi connectivity index (χ4n) is 5.13. The maximum atomic E-state index is 9.93. The van der Waals surface area contributed by atoms with Crippen molar-refractivity contribution >= 4 is 29.1 Å². The lowest BCUT2D eigenvalue weighted by molar-refractivity contribution is 0.126. The molecule has 184 valence electrons. The van der Waals surface area contributed by atoms with E-state index in [4.69, 9.17) is 16.6 Å². The summed E-state index contributed by atoms with van der Waals surface area (Å²) in [6.07, 6.45) is 9.19. The first-order valence-electron chi connectivity index (χ1n) is 12.6. The zero-order chi connectivity index (χ0) is 24.0. The number of halogens is 1. The highest BCUT2D eigenvalue weighted by atomic mass is 35.5. The standard InChI is InChI=1S/C27H33ClN6O/c28-25-16-22(10-13-29-25)32-27-30-17-24(26(33-27)31-21-6-8-23(35)9-7-21)20-11-14-34(15-12-20)18-19-4-2-1-3-5-19/h1-5,10,13,16-17,20-21,23,35H,6-9,11-12,14-15,18H2,(H2,29,30,31,32,33)/t21-,23-. The monoisotopic (exact) mass is 492 g/mol. The number of benzene rings is 1. The number of aliphatic hydroxyl groups excluding tert-OH is 1. The van der Waals surface area contributed by atoms with E-state index in [1.807, 2.05) is 12.3 Å². The van der Waals surface area contributed by atoms with Gasteiger partial charge in [0, 0.05) is 36.2 Å². The first-order valence-corrected chi connectivity index (χ1v) is 13.0. The van der Waals surface area contributed by atoms with Crippen molar-refractivity contribution in [2.24, 2.45) is 0 Å². The van der Waals surface area contributed by atoms with Gasteiger partial charge in [0.25, 0.3) is 0 Å². The number of nitrogens with zero attached hydrogens (tertiary/aromatic N) is 4. The van der Waals surface area contributed by atoms with Gasteiger partial charge in [-0.25, -0.2) is 9.97 Å². The Balaban J connectivity index is 1.31. The molecule has 1 saturated heterocycles. The minimum Gasteiger partial charge on any atom is -0.393 e. The van der Waals surface area contributed by atoms with Crippen LogP contribution < -0.4 is 10.6 Å². The van der Waals surface area contributed by atoms with Gasteiger partial charge in [-0.1, -0.05) is 41.9 Å². The number of aliphatic hydroxyl groups is 1. The molecular weight excluding hydrogens is 460 g/mol. The number of hydrogen-bond donors (Lipinski definition) is 3.